The molecule has 2 amide bonds. The van der Waals surface area contributed by atoms with Gasteiger partial charge in [0.15, 0.2) is 0 Å². The fourth-order valence-electron chi connectivity index (χ4n) is 4.22. The Morgan fingerprint density at radius 2 is 1.62 bits per heavy atom. The second-order valence-electron chi connectivity index (χ2n) is 9.78. The molecule has 7 nitrogen and oxygen atoms in total. The summed E-state index contributed by atoms with van der Waals surface area (Å²) >= 11 is 3.48. The van der Waals surface area contributed by atoms with Crippen molar-refractivity contribution in [1.29, 1.82) is 0 Å². The maximum Gasteiger partial charge on any atom is 0.244 e. The Balaban J connectivity index is 2.06. The summed E-state index contributed by atoms with van der Waals surface area (Å²) in [6.45, 7) is 5.46. The fourth-order valence-corrected chi connectivity index (χ4v) is 5.51. The molecule has 0 radical (unpaired) electrons. The summed E-state index contributed by atoms with van der Waals surface area (Å²) in [6, 6.07) is 23.1. The second kappa shape index (κ2) is 13.8. The molecule has 3 rings (SSSR count). The highest BCUT2D eigenvalue weighted by molar-refractivity contribution is 9.10. The van der Waals surface area contributed by atoms with Crippen LogP contribution in [-0.2, 0) is 32.6 Å². The third-order valence-corrected chi connectivity index (χ3v) is 8.12. The molecule has 9 heteroatoms. The van der Waals surface area contributed by atoms with E-state index in [0.717, 1.165) is 38.1 Å². The van der Waals surface area contributed by atoms with E-state index in [2.05, 4.69) is 21.2 Å². The smallest absolute Gasteiger partial charge is 0.244 e. The molecule has 0 saturated carbocycles. The molecule has 0 aliphatic rings. The minimum Gasteiger partial charge on any atom is -0.352 e. The summed E-state index contributed by atoms with van der Waals surface area (Å²) in [7, 11) is -3.79. The van der Waals surface area contributed by atoms with Crippen LogP contribution in [0.2, 0.25) is 0 Å². The number of hydrogen-bond acceptors (Lipinski definition) is 4. The molecule has 39 heavy (non-hydrogen) atoms. The van der Waals surface area contributed by atoms with Gasteiger partial charge in [-0.1, -0.05) is 77.5 Å². The first-order chi connectivity index (χ1) is 18.5. The lowest BCUT2D eigenvalue weighted by Crippen LogP contribution is -2.54. The monoisotopic (exact) mass is 613 g/mol. The van der Waals surface area contributed by atoms with Gasteiger partial charge in [-0.25, -0.2) is 8.42 Å². The molecule has 0 heterocycles. The van der Waals surface area contributed by atoms with E-state index in [9.17, 15) is 18.0 Å². The number of carbonyl (C=O) groups is 2. The van der Waals surface area contributed by atoms with Gasteiger partial charge in [0, 0.05) is 23.5 Å². The van der Waals surface area contributed by atoms with Crippen molar-refractivity contribution in [2.24, 2.45) is 0 Å². The van der Waals surface area contributed by atoms with Crippen molar-refractivity contribution in [3.63, 3.8) is 0 Å². The van der Waals surface area contributed by atoms with Crippen molar-refractivity contribution in [1.82, 2.24) is 10.2 Å². The quantitative estimate of drug-likeness (QED) is 0.309. The Hall–Kier alpha value is -3.17. The first-order valence-corrected chi connectivity index (χ1v) is 15.5. The fraction of sp³-hybridized carbons (Fsp3) is 0.333. The van der Waals surface area contributed by atoms with Crippen LogP contribution in [0.3, 0.4) is 0 Å². The lowest BCUT2D eigenvalue weighted by atomic mass is 10.0. The van der Waals surface area contributed by atoms with Crippen LogP contribution in [0.25, 0.3) is 0 Å². The lowest BCUT2D eigenvalue weighted by Gasteiger charge is -2.34. The van der Waals surface area contributed by atoms with Crippen LogP contribution in [0.4, 0.5) is 5.69 Å². The standard InChI is InChI=1S/C30H36BrN3O4S/c1-5-23(3)32-30(36)28(19-24-12-7-6-8-13-24)33(20-25-14-10-15-26(31)18-25)29(35)21-34(39(4,37)38)27-16-9-11-22(2)17-27/h6-18,23,28H,5,19-21H2,1-4H3,(H,32,36)/t23-,28-/m0/s1. The van der Waals surface area contributed by atoms with E-state index in [-0.39, 0.29) is 24.9 Å². The van der Waals surface area contributed by atoms with Crippen molar-refractivity contribution < 1.29 is 18.0 Å². The van der Waals surface area contributed by atoms with Crippen molar-refractivity contribution >= 4 is 43.5 Å². The van der Waals surface area contributed by atoms with Crippen molar-refractivity contribution in [3.8, 4) is 0 Å². The van der Waals surface area contributed by atoms with E-state index in [1.807, 2.05) is 81.4 Å². The van der Waals surface area contributed by atoms with Gasteiger partial charge in [-0.05, 0) is 61.2 Å². The van der Waals surface area contributed by atoms with E-state index < -0.39 is 28.5 Å². The van der Waals surface area contributed by atoms with E-state index in [1.54, 1.807) is 18.2 Å². The minimum atomic E-state index is -3.79. The second-order valence-corrected chi connectivity index (χ2v) is 12.6. The summed E-state index contributed by atoms with van der Waals surface area (Å²) in [6.07, 6.45) is 2.10. The predicted octanol–water partition coefficient (Wildman–Crippen LogP) is 5.08. The Morgan fingerprint density at radius 3 is 2.23 bits per heavy atom. The van der Waals surface area contributed by atoms with Gasteiger partial charge in [-0.15, -0.1) is 0 Å². The molecular formula is C30H36BrN3O4S. The van der Waals surface area contributed by atoms with E-state index in [1.165, 1.54) is 4.90 Å². The highest BCUT2D eigenvalue weighted by Gasteiger charge is 2.33. The van der Waals surface area contributed by atoms with E-state index in [0.29, 0.717) is 5.69 Å². The van der Waals surface area contributed by atoms with Gasteiger partial charge in [0.2, 0.25) is 21.8 Å². The van der Waals surface area contributed by atoms with Crippen LogP contribution in [0.5, 0.6) is 0 Å². The molecule has 0 fully saturated rings. The maximum atomic E-state index is 14.1. The number of amides is 2. The van der Waals surface area contributed by atoms with Crippen molar-refractivity contribution in [2.75, 3.05) is 17.1 Å². The van der Waals surface area contributed by atoms with Gasteiger partial charge < -0.3 is 10.2 Å². The largest absolute Gasteiger partial charge is 0.352 e. The van der Waals surface area contributed by atoms with E-state index in [4.69, 9.17) is 0 Å². The molecule has 2 atom stereocenters. The average Bonchev–Trinajstić information content (AvgIpc) is 2.89. The van der Waals surface area contributed by atoms with Crippen LogP contribution in [0.1, 0.15) is 37.0 Å². The SMILES string of the molecule is CC[C@H](C)NC(=O)[C@H](Cc1ccccc1)N(Cc1cccc(Br)c1)C(=O)CN(c1cccc(C)c1)S(C)(=O)=O. The number of nitrogens with one attached hydrogen (secondary N) is 1. The Bertz CT molecular complexity index is 1380. The van der Waals surface area contributed by atoms with Crippen LogP contribution < -0.4 is 9.62 Å². The highest BCUT2D eigenvalue weighted by atomic mass is 79.9. The molecule has 0 aliphatic heterocycles. The average molecular weight is 615 g/mol. The molecule has 3 aromatic rings. The van der Waals surface area contributed by atoms with Crippen LogP contribution in [0, 0.1) is 6.92 Å². The zero-order valence-electron chi connectivity index (χ0n) is 22.8. The number of hydrogen-bond donors (Lipinski definition) is 1. The minimum absolute atomic E-state index is 0.0848. The Morgan fingerprint density at radius 1 is 0.949 bits per heavy atom. The van der Waals surface area contributed by atoms with Gasteiger partial charge in [-0.3, -0.25) is 13.9 Å². The number of benzene rings is 3. The molecular weight excluding hydrogens is 578 g/mol. The molecule has 0 aliphatic carbocycles. The summed E-state index contributed by atoms with van der Waals surface area (Å²) in [4.78, 5) is 29.2. The van der Waals surface area contributed by atoms with Crippen LogP contribution in [0.15, 0.2) is 83.3 Å². The number of rotatable bonds is 12. The topological polar surface area (TPSA) is 86.8 Å². The zero-order chi connectivity index (χ0) is 28.6. The zero-order valence-corrected chi connectivity index (χ0v) is 25.2. The van der Waals surface area contributed by atoms with Gasteiger partial charge in [0.25, 0.3) is 0 Å². The summed E-state index contributed by atoms with van der Waals surface area (Å²) < 4.78 is 27.6. The number of nitrogens with zero attached hydrogens (tertiary/aromatic N) is 2. The van der Waals surface area contributed by atoms with Gasteiger partial charge >= 0.3 is 0 Å². The van der Waals surface area contributed by atoms with Crippen molar-refractivity contribution in [2.45, 2.75) is 52.2 Å². The highest BCUT2D eigenvalue weighted by Crippen LogP contribution is 2.22. The normalized spacial score (nSPS) is 12.8. The number of aryl methyl sites for hydroxylation is 1. The number of anilines is 1. The van der Waals surface area contributed by atoms with Gasteiger partial charge in [-0.2, -0.15) is 0 Å². The summed E-state index contributed by atoms with van der Waals surface area (Å²) in [5, 5.41) is 3.03. The molecule has 0 spiro atoms. The molecule has 0 unspecified atom stereocenters. The number of sulfonamides is 1. The lowest BCUT2D eigenvalue weighted by molar-refractivity contribution is -0.140. The third kappa shape index (κ3) is 8.93. The van der Waals surface area contributed by atoms with Crippen LogP contribution >= 0.6 is 15.9 Å². The van der Waals surface area contributed by atoms with Gasteiger partial charge in [0.05, 0.1) is 11.9 Å². The molecule has 1 N–H and O–H groups in total. The van der Waals surface area contributed by atoms with E-state index >= 15 is 0 Å². The Labute approximate surface area is 240 Å². The van der Waals surface area contributed by atoms with Crippen LogP contribution in [-0.4, -0.2) is 50.0 Å². The first kappa shape index (κ1) is 30.4. The number of halogens is 1. The molecule has 0 saturated heterocycles. The van der Waals surface area contributed by atoms with Crippen molar-refractivity contribution in [3.05, 3.63) is 100 Å². The predicted molar refractivity (Wildman–Crippen MR) is 160 cm³/mol. The summed E-state index contributed by atoms with van der Waals surface area (Å²) in [5.74, 6) is -0.750. The number of carbonyl (C=O) groups excluding carboxylic acids is 2. The summed E-state index contributed by atoms with van der Waals surface area (Å²) in [5.41, 5.74) is 2.98. The maximum absolute atomic E-state index is 14.1. The first-order valence-electron chi connectivity index (χ1n) is 12.9. The Kier molecular flexibility index (Phi) is 10.7. The molecule has 208 valence electrons. The molecule has 0 bridgehead atoms. The molecule has 3 aromatic carbocycles. The third-order valence-electron chi connectivity index (χ3n) is 6.48. The molecule has 0 aromatic heterocycles. The van der Waals surface area contributed by atoms with Gasteiger partial charge in [0.1, 0.15) is 12.6 Å².